The average molecular weight is 225 g/mol. The summed E-state index contributed by atoms with van der Waals surface area (Å²) in [6.45, 7) is 8.39. The Kier molecular flexibility index (Phi) is 3.82. The summed E-state index contributed by atoms with van der Waals surface area (Å²) < 4.78 is 0. The fourth-order valence-corrected chi connectivity index (χ4v) is 2.77. The quantitative estimate of drug-likeness (QED) is 0.718. The van der Waals surface area contributed by atoms with Crippen LogP contribution in [0.5, 0.6) is 0 Å². The van der Waals surface area contributed by atoms with Gasteiger partial charge in [0.15, 0.2) is 0 Å². The molecule has 0 aromatic rings. The molecule has 92 valence electrons. The number of hydrogen-bond donors (Lipinski definition) is 2. The van der Waals surface area contributed by atoms with Crippen LogP contribution < -0.4 is 10.6 Å². The van der Waals surface area contributed by atoms with Gasteiger partial charge in [0.2, 0.25) is 5.91 Å². The molecule has 1 amide bonds. The van der Waals surface area contributed by atoms with E-state index in [0.29, 0.717) is 12.5 Å². The highest BCUT2D eigenvalue weighted by molar-refractivity contribution is 5.76. The van der Waals surface area contributed by atoms with Gasteiger partial charge >= 0.3 is 0 Å². The van der Waals surface area contributed by atoms with Crippen LogP contribution >= 0.6 is 0 Å². The summed E-state index contributed by atoms with van der Waals surface area (Å²) in [7, 11) is 0. The van der Waals surface area contributed by atoms with Crippen LogP contribution in [-0.4, -0.2) is 49.1 Å². The zero-order valence-corrected chi connectivity index (χ0v) is 10.3. The van der Waals surface area contributed by atoms with Gasteiger partial charge in [-0.2, -0.15) is 0 Å². The van der Waals surface area contributed by atoms with E-state index in [1.54, 1.807) is 0 Å². The van der Waals surface area contributed by atoms with Crippen molar-refractivity contribution in [3.05, 3.63) is 0 Å². The highest BCUT2D eigenvalue weighted by atomic mass is 16.1. The Morgan fingerprint density at radius 2 is 2.31 bits per heavy atom. The number of likely N-dealkylation sites (tertiary alicyclic amines) is 1. The maximum absolute atomic E-state index is 11.5. The molecule has 0 radical (unpaired) electrons. The lowest BCUT2D eigenvalue weighted by Gasteiger charge is -2.17. The van der Waals surface area contributed by atoms with Crippen LogP contribution in [-0.2, 0) is 4.79 Å². The minimum atomic E-state index is 0.181. The smallest absolute Gasteiger partial charge is 0.221 e. The first-order chi connectivity index (χ1) is 7.65. The summed E-state index contributed by atoms with van der Waals surface area (Å²) in [6.07, 6.45) is 1.94. The van der Waals surface area contributed by atoms with Crippen LogP contribution in [0, 0.1) is 5.92 Å². The van der Waals surface area contributed by atoms with E-state index < -0.39 is 0 Å². The molecule has 0 saturated carbocycles. The largest absolute Gasteiger partial charge is 0.354 e. The lowest BCUT2D eigenvalue weighted by molar-refractivity contribution is -0.121. The highest BCUT2D eigenvalue weighted by Gasteiger charge is 2.35. The van der Waals surface area contributed by atoms with Crippen molar-refractivity contribution in [2.75, 3.05) is 26.2 Å². The van der Waals surface area contributed by atoms with E-state index in [9.17, 15) is 4.79 Å². The molecule has 2 rings (SSSR count). The predicted octanol–water partition coefficient (Wildman–Crippen LogP) is 0.195. The zero-order chi connectivity index (χ0) is 11.5. The summed E-state index contributed by atoms with van der Waals surface area (Å²) in [5.41, 5.74) is 0. The fraction of sp³-hybridized carbons (Fsp3) is 0.917. The molecule has 2 aliphatic heterocycles. The molecule has 2 aliphatic rings. The van der Waals surface area contributed by atoms with Gasteiger partial charge in [-0.15, -0.1) is 0 Å². The van der Waals surface area contributed by atoms with Crippen molar-refractivity contribution in [3.8, 4) is 0 Å². The minimum Gasteiger partial charge on any atom is -0.354 e. The molecular weight excluding hydrogens is 202 g/mol. The molecule has 0 unspecified atom stereocenters. The molecule has 2 N–H and O–H groups in total. The van der Waals surface area contributed by atoms with Crippen LogP contribution in [0.15, 0.2) is 0 Å². The van der Waals surface area contributed by atoms with Crippen molar-refractivity contribution in [2.24, 2.45) is 5.92 Å². The van der Waals surface area contributed by atoms with Crippen molar-refractivity contribution >= 4 is 5.91 Å². The molecule has 0 aliphatic carbocycles. The third kappa shape index (κ3) is 2.95. The van der Waals surface area contributed by atoms with Gasteiger partial charge < -0.3 is 15.5 Å². The Bertz CT molecular complexity index is 243. The Balaban J connectivity index is 1.66. The van der Waals surface area contributed by atoms with E-state index in [-0.39, 0.29) is 11.9 Å². The van der Waals surface area contributed by atoms with Crippen LogP contribution in [0.3, 0.4) is 0 Å². The monoisotopic (exact) mass is 225 g/mol. The standard InChI is InChI=1S/C12H23N3O/c1-9(2)14-12(16)4-6-15-7-10-3-5-13-11(10)8-15/h9-11,13H,3-8H2,1-2H3,(H,14,16)/t10-,11+/m0/s1. The summed E-state index contributed by atoms with van der Waals surface area (Å²) in [4.78, 5) is 13.9. The minimum absolute atomic E-state index is 0.181. The van der Waals surface area contributed by atoms with Gasteiger partial charge in [-0.3, -0.25) is 4.79 Å². The molecule has 2 fully saturated rings. The SMILES string of the molecule is CC(C)NC(=O)CCN1C[C@@H]2CCN[C@@H]2C1. The molecule has 4 heteroatoms. The normalized spacial score (nSPS) is 29.7. The summed E-state index contributed by atoms with van der Waals surface area (Å²) in [6, 6.07) is 0.945. The molecular formula is C12H23N3O. The van der Waals surface area contributed by atoms with Gasteiger partial charge in [-0.05, 0) is 32.7 Å². The number of nitrogens with zero attached hydrogens (tertiary/aromatic N) is 1. The second-order valence-corrected chi connectivity index (χ2v) is 5.34. The van der Waals surface area contributed by atoms with Crippen molar-refractivity contribution in [1.82, 2.24) is 15.5 Å². The molecule has 0 spiro atoms. The average Bonchev–Trinajstić information content (AvgIpc) is 2.72. The van der Waals surface area contributed by atoms with Gasteiger partial charge in [0.25, 0.3) is 0 Å². The first-order valence-corrected chi connectivity index (χ1v) is 6.40. The Labute approximate surface area is 97.8 Å². The van der Waals surface area contributed by atoms with Crippen molar-refractivity contribution in [2.45, 2.75) is 38.8 Å². The Morgan fingerprint density at radius 1 is 1.50 bits per heavy atom. The second kappa shape index (κ2) is 5.15. The third-order valence-electron chi connectivity index (χ3n) is 3.54. The van der Waals surface area contributed by atoms with Gasteiger partial charge in [-0.1, -0.05) is 0 Å². The van der Waals surface area contributed by atoms with Crippen molar-refractivity contribution < 1.29 is 4.79 Å². The van der Waals surface area contributed by atoms with E-state index in [1.165, 1.54) is 19.5 Å². The number of carbonyl (C=O) groups is 1. The number of fused-ring (bicyclic) bond motifs is 1. The van der Waals surface area contributed by atoms with E-state index in [0.717, 1.165) is 19.0 Å². The Hall–Kier alpha value is -0.610. The number of carbonyl (C=O) groups excluding carboxylic acids is 1. The van der Waals surface area contributed by atoms with Crippen LogP contribution in [0.4, 0.5) is 0 Å². The zero-order valence-electron chi connectivity index (χ0n) is 10.3. The molecule has 2 atom stereocenters. The fourth-order valence-electron chi connectivity index (χ4n) is 2.77. The van der Waals surface area contributed by atoms with Gasteiger partial charge in [0, 0.05) is 38.1 Å². The first-order valence-electron chi connectivity index (χ1n) is 6.40. The number of hydrogen-bond acceptors (Lipinski definition) is 3. The molecule has 2 heterocycles. The molecule has 0 aromatic heterocycles. The van der Waals surface area contributed by atoms with Crippen LogP contribution in [0.2, 0.25) is 0 Å². The summed E-state index contributed by atoms with van der Waals surface area (Å²) in [5, 5.41) is 6.46. The maximum Gasteiger partial charge on any atom is 0.221 e. The molecule has 2 saturated heterocycles. The van der Waals surface area contributed by atoms with E-state index in [1.807, 2.05) is 13.8 Å². The lowest BCUT2D eigenvalue weighted by atomic mass is 10.1. The molecule has 16 heavy (non-hydrogen) atoms. The van der Waals surface area contributed by atoms with Gasteiger partial charge in [0.05, 0.1) is 0 Å². The third-order valence-corrected chi connectivity index (χ3v) is 3.54. The highest BCUT2D eigenvalue weighted by Crippen LogP contribution is 2.24. The predicted molar refractivity (Wildman–Crippen MR) is 64.2 cm³/mol. The summed E-state index contributed by atoms with van der Waals surface area (Å²) in [5.74, 6) is 1.01. The maximum atomic E-state index is 11.5. The Morgan fingerprint density at radius 3 is 3.00 bits per heavy atom. The van der Waals surface area contributed by atoms with Crippen molar-refractivity contribution in [1.29, 1.82) is 0 Å². The van der Waals surface area contributed by atoms with Crippen LogP contribution in [0.25, 0.3) is 0 Å². The summed E-state index contributed by atoms with van der Waals surface area (Å²) >= 11 is 0. The van der Waals surface area contributed by atoms with Gasteiger partial charge in [-0.25, -0.2) is 0 Å². The van der Waals surface area contributed by atoms with E-state index in [2.05, 4.69) is 15.5 Å². The van der Waals surface area contributed by atoms with E-state index >= 15 is 0 Å². The lowest BCUT2D eigenvalue weighted by Crippen LogP contribution is -2.35. The number of amides is 1. The molecule has 4 nitrogen and oxygen atoms in total. The first kappa shape index (κ1) is 11.9. The van der Waals surface area contributed by atoms with Crippen LogP contribution in [0.1, 0.15) is 26.7 Å². The number of rotatable bonds is 4. The van der Waals surface area contributed by atoms with E-state index in [4.69, 9.17) is 0 Å². The number of nitrogens with one attached hydrogen (secondary N) is 2. The second-order valence-electron chi connectivity index (χ2n) is 5.34. The molecule has 0 aromatic carbocycles. The van der Waals surface area contributed by atoms with Crippen molar-refractivity contribution in [3.63, 3.8) is 0 Å². The topological polar surface area (TPSA) is 44.4 Å². The molecule has 0 bridgehead atoms. The van der Waals surface area contributed by atoms with Gasteiger partial charge in [0.1, 0.15) is 0 Å².